The second-order valence-corrected chi connectivity index (χ2v) is 6.00. The third-order valence-electron chi connectivity index (χ3n) is 4.38. The number of aromatic nitrogens is 2. The van der Waals surface area contributed by atoms with Gasteiger partial charge in [0.15, 0.2) is 5.82 Å². The van der Waals surface area contributed by atoms with Gasteiger partial charge in [-0.1, -0.05) is 18.2 Å². The van der Waals surface area contributed by atoms with Crippen molar-refractivity contribution >= 4 is 11.7 Å². The van der Waals surface area contributed by atoms with Crippen LogP contribution in [0.3, 0.4) is 0 Å². The van der Waals surface area contributed by atoms with Crippen LogP contribution in [0.2, 0.25) is 0 Å². The van der Waals surface area contributed by atoms with Crippen LogP contribution >= 0.6 is 0 Å². The van der Waals surface area contributed by atoms with E-state index in [1.165, 1.54) is 13.0 Å². The first-order chi connectivity index (χ1) is 11.0. The van der Waals surface area contributed by atoms with Crippen LogP contribution in [0.25, 0.3) is 0 Å². The van der Waals surface area contributed by atoms with E-state index in [0.29, 0.717) is 5.82 Å². The summed E-state index contributed by atoms with van der Waals surface area (Å²) in [5.41, 5.74) is 0.729. The molecule has 3 rings (SSSR count). The first-order valence-electron chi connectivity index (χ1n) is 7.86. The fourth-order valence-electron chi connectivity index (χ4n) is 3.13. The molecule has 122 valence electrons. The van der Waals surface area contributed by atoms with Gasteiger partial charge in [0.05, 0.1) is 6.04 Å². The number of nitrogens with one attached hydrogen (secondary N) is 1. The van der Waals surface area contributed by atoms with Gasteiger partial charge in [0.25, 0.3) is 0 Å². The lowest BCUT2D eigenvalue weighted by atomic mass is 10.1. The van der Waals surface area contributed by atoms with Gasteiger partial charge < -0.3 is 5.32 Å². The van der Waals surface area contributed by atoms with Crippen LogP contribution in [0.5, 0.6) is 0 Å². The van der Waals surface area contributed by atoms with Crippen LogP contribution in [-0.2, 0) is 4.79 Å². The van der Waals surface area contributed by atoms with Gasteiger partial charge in [-0.2, -0.15) is 5.10 Å². The van der Waals surface area contributed by atoms with E-state index in [1.54, 1.807) is 12.1 Å². The molecule has 5 nitrogen and oxygen atoms in total. The van der Waals surface area contributed by atoms with Crippen molar-refractivity contribution in [3.8, 4) is 0 Å². The molecule has 2 heterocycles. The molecule has 0 spiro atoms. The average Bonchev–Trinajstić information content (AvgIpc) is 3.15. The summed E-state index contributed by atoms with van der Waals surface area (Å²) in [5, 5.41) is 7.08. The third-order valence-corrected chi connectivity index (χ3v) is 4.38. The number of rotatable bonds is 4. The summed E-state index contributed by atoms with van der Waals surface area (Å²) in [5.74, 6) is 0.282. The van der Waals surface area contributed by atoms with E-state index in [2.05, 4.69) is 15.3 Å². The van der Waals surface area contributed by atoms with E-state index in [4.69, 9.17) is 0 Å². The maximum Gasteiger partial charge on any atom is 0.222 e. The molecule has 1 aromatic heterocycles. The second kappa shape index (κ2) is 6.50. The molecule has 2 atom stereocenters. The number of likely N-dealkylation sites (tertiary alicyclic amines) is 1. The molecular formula is C17H21FN4O. The van der Waals surface area contributed by atoms with Gasteiger partial charge in [0.1, 0.15) is 5.82 Å². The normalized spacial score (nSPS) is 19.7. The molecule has 0 unspecified atom stereocenters. The van der Waals surface area contributed by atoms with Crippen LogP contribution in [0.1, 0.15) is 37.9 Å². The number of nitrogens with zero attached hydrogens (tertiary/aromatic N) is 3. The Morgan fingerprint density at radius 2 is 2.17 bits per heavy atom. The average molecular weight is 316 g/mol. The lowest BCUT2D eigenvalue weighted by Gasteiger charge is -2.25. The lowest BCUT2D eigenvalue weighted by Crippen LogP contribution is -2.26. The fourth-order valence-corrected chi connectivity index (χ4v) is 3.13. The number of benzene rings is 1. The summed E-state index contributed by atoms with van der Waals surface area (Å²) < 4.78 is 15.8. The predicted octanol–water partition coefficient (Wildman–Crippen LogP) is 2.99. The van der Waals surface area contributed by atoms with Crippen molar-refractivity contribution in [2.45, 2.75) is 32.4 Å². The lowest BCUT2D eigenvalue weighted by molar-refractivity contribution is -0.114. The number of amides is 1. The molecule has 6 heteroatoms. The summed E-state index contributed by atoms with van der Waals surface area (Å²) in [6.07, 6.45) is 2.84. The third kappa shape index (κ3) is 3.42. The molecule has 1 N–H and O–H groups in total. The van der Waals surface area contributed by atoms with Gasteiger partial charge in [-0.3, -0.25) is 14.4 Å². The summed E-state index contributed by atoms with van der Waals surface area (Å²) in [7, 11) is 0. The Hall–Kier alpha value is -2.21. The molecule has 0 saturated carbocycles. The monoisotopic (exact) mass is 316 g/mol. The molecular weight excluding hydrogens is 295 g/mol. The quantitative estimate of drug-likeness (QED) is 0.943. The topological polar surface area (TPSA) is 50.2 Å². The van der Waals surface area contributed by atoms with Crippen LogP contribution in [0.15, 0.2) is 36.5 Å². The predicted molar refractivity (Wildman–Crippen MR) is 86.6 cm³/mol. The van der Waals surface area contributed by atoms with Crippen molar-refractivity contribution in [3.05, 3.63) is 47.9 Å². The van der Waals surface area contributed by atoms with Crippen LogP contribution in [-0.4, -0.2) is 33.7 Å². The van der Waals surface area contributed by atoms with Crippen LogP contribution in [0, 0.1) is 5.82 Å². The molecule has 23 heavy (non-hydrogen) atoms. The Labute approximate surface area is 135 Å². The van der Waals surface area contributed by atoms with E-state index < -0.39 is 0 Å². The Balaban J connectivity index is 1.67. The second-order valence-electron chi connectivity index (χ2n) is 6.00. The maximum absolute atomic E-state index is 14.0. The molecule has 1 aromatic carbocycles. The molecule has 0 radical (unpaired) electrons. The number of carbonyl (C=O) groups is 1. The number of halogens is 1. The van der Waals surface area contributed by atoms with E-state index >= 15 is 0 Å². The zero-order chi connectivity index (χ0) is 16.4. The van der Waals surface area contributed by atoms with Crippen molar-refractivity contribution in [1.82, 2.24) is 14.7 Å². The summed E-state index contributed by atoms with van der Waals surface area (Å²) in [6.45, 7) is 5.21. The zero-order valence-electron chi connectivity index (χ0n) is 13.4. The Morgan fingerprint density at radius 3 is 2.91 bits per heavy atom. The number of anilines is 1. The number of carbonyl (C=O) groups excluding carboxylic acids is 1. The standard InChI is InChI=1S/C17H21FN4O/c1-12(15-5-3-4-6-16(15)18)21-9-7-14(11-21)22-10-8-17(20-22)19-13(2)23/h3-6,8,10,12,14H,7,9,11H2,1-2H3,(H,19,20,23)/t12-,14+/m0/s1. The molecule has 1 aliphatic heterocycles. The summed E-state index contributed by atoms with van der Waals surface area (Å²) in [6, 6.07) is 9.01. The van der Waals surface area contributed by atoms with Crippen molar-refractivity contribution < 1.29 is 9.18 Å². The summed E-state index contributed by atoms with van der Waals surface area (Å²) >= 11 is 0. The first kappa shape index (κ1) is 15.7. The van der Waals surface area contributed by atoms with E-state index in [9.17, 15) is 9.18 Å². The van der Waals surface area contributed by atoms with Crippen LogP contribution < -0.4 is 5.32 Å². The smallest absolute Gasteiger partial charge is 0.222 e. The molecule has 2 aromatic rings. The number of hydrogen-bond donors (Lipinski definition) is 1. The van der Waals surface area contributed by atoms with E-state index in [1.807, 2.05) is 29.9 Å². The van der Waals surface area contributed by atoms with Crippen LogP contribution in [0.4, 0.5) is 10.2 Å². The van der Waals surface area contributed by atoms with Gasteiger partial charge in [0.2, 0.25) is 5.91 Å². The first-order valence-corrected chi connectivity index (χ1v) is 7.86. The van der Waals surface area contributed by atoms with E-state index in [-0.39, 0.29) is 23.8 Å². The minimum absolute atomic E-state index is 0.0339. The Kier molecular flexibility index (Phi) is 4.43. The highest BCUT2D eigenvalue weighted by atomic mass is 19.1. The molecule has 0 aliphatic carbocycles. The zero-order valence-corrected chi connectivity index (χ0v) is 13.4. The molecule has 1 aliphatic rings. The highest BCUT2D eigenvalue weighted by molar-refractivity contribution is 5.87. The summed E-state index contributed by atoms with van der Waals surface area (Å²) in [4.78, 5) is 13.3. The van der Waals surface area contributed by atoms with Crippen molar-refractivity contribution in [2.75, 3.05) is 18.4 Å². The van der Waals surface area contributed by atoms with Gasteiger partial charge in [-0.05, 0) is 19.4 Å². The minimum Gasteiger partial charge on any atom is -0.309 e. The van der Waals surface area contributed by atoms with Gasteiger partial charge in [0, 0.05) is 43.9 Å². The SMILES string of the molecule is CC(=O)Nc1ccn([C@@H]2CCN([C@@H](C)c3ccccc3F)C2)n1. The Morgan fingerprint density at radius 1 is 1.39 bits per heavy atom. The Bertz CT molecular complexity index is 699. The highest BCUT2D eigenvalue weighted by Gasteiger charge is 2.29. The molecule has 0 bridgehead atoms. The highest BCUT2D eigenvalue weighted by Crippen LogP contribution is 2.30. The van der Waals surface area contributed by atoms with Crippen molar-refractivity contribution in [1.29, 1.82) is 0 Å². The van der Waals surface area contributed by atoms with Crippen molar-refractivity contribution in [2.24, 2.45) is 0 Å². The minimum atomic E-state index is -0.157. The number of hydrogen-bond acceptors (Lipinski definition) is 3. The molecule has 1 saturated heterocycles. The van der Waals surface area contributed by atoms with Gasteiger partial charge in [-0.15, -0.1) is 0 Å². The van der Waals surface area contributed by atoms with Gasteiger partial charge in [-0.25, -0.2) is 4.39 Å². The van der Waals surface area contributed by atoms with E-state index in [0.717, 1.165) is 25.1 Å². The fraction of sp³-hybridized carbons (Fsp3) is 0.412. The van der Waals surface area contributed by atoms with Crippen molar-refractivity contribution in [3.63, 3.8) is 0 Å². The largest absolute Gasteiger partial charge is 0.309 e. The molecule has 1 amide bonds. The maximum atomic E-state index is 14.0. The molecule has 1 fully saturated rings. The van der Waals surface area contributed by atoms with Gasteiger partial charge >= 0.3 is 0 Å².